The molecular formula is C13H17N3O. The van der Waals surface area contributed by atoms with E-state index in [0.717, 1.165) is 0 Å². The van der Waals surface area contributed by atoms with E-state index in [1.165, 1.54) is 0 Å². The zero-order chi connectivity index (χ0) is 12.9. The second-order valence-electron chi connectivity index (χ2n) is 4.63. The van der Waals surface area contributed by atoms with E-state index in [1.54, 1.807) is 18.5 Å². The lowest BCUT2D eigenvalue weighted by Gasteiger charge is -2.20. The van der Waals surface area contributed by atoms with Gasteiger partial charge in [-0.1, -0.05) is 11.8 Å². The summed E-state index contributed by atoms with van der Waals surface area (Å²) in [6, 6.07) is 1.65. The maximum Gasteiger partial charge on any atom is 0.253 e. The smallest absolute Gasteiger partial charge is 0.253 e. The lowest BCUT2D eigenvalue weighted by atomic mass is 10.1. The number of hydrogen-bond acceptors (Lipinski definition) is 3. The monoisotopic (exact) mass is 231 g/mol. The molecule has 17 heavy (non-hydrogen) atoms. The molecule has 1 amide bonds. The van der Waals surface area contributed by atoms with Crippen LogP contribution in [-0.2, 0) is 0 Å². The van der Waals surface area contributed by atoms with Crippen molar-refractivity contribution in [3.63, 3.8) is 0 Å². The summed E-state index contributed by atoms with van der Waals surface area (Å²) in [5, 5.41) is 2.89. The molecule has 0 bridgehead atoms. The predicted molar refractivity (Wildman–Crippen MR) is 67.4 cm³/mol. The molecule has 3 N–H and O–H groups in total. The van der Waals surface area contributed by atoms with Crippen molar-refractivity contribution in [1.29, 1.82) is 0 Å². The summed E-state index contributed by atoms with van der Waals surface area (Å²) in [5.74, 6) is 5.41. The van der Waals surface area contributed by atoms with Gasteiger partial charge in [-0.2, -0.15) is 0 Å². The van der Waals surface area contributed by atoms with Crippen LogP contribution in [0.1, 0.15) is 36.7 Å². The van der Waals surface area contributed by atoms with Crippen molar-refractivity contribution in [2.24, 2.45) is 5.73 Å². The number of nitrogens with one attached hydrogen (secondary N) is 1. The third kappa shape index (κ3) is 4.25. The van der Waals surface area contributed by atoms with Gasteiger partial charge in [0.05, 0.1) is 17.7 Å². The van der Waals surface area contributed by atoms with Gasteiger partial charge in [0.1, 0.15) is 0 Å². The van der Waals surface area contributed by atoms with E-state index in [1.807, 2.05) is 20.8 Å². The Balaban J connectivity index is 3.01. The number of pyridine rings is 1. The van der Waals surface area contributed by atoms with Crippen molar-refractivity contribution in [3.8, 4) is 11.8 Å². The van der Waals surface area contributed by atoms with Gasteiger partial charge in [0, 0.05) is 17.9 Å². The quantitative estimate of drug-likeness (QED) is 0.706. The van der Waals surface area contributed by atoms with Crippen LogP contribution in [0, 0.1) is 11.8 Å². The summed E-state index contributed by atoms with van der Waals surface area (Å²) >= 11 is 0. The van der Waals surface area contributed by atoms with Gasteiger partial charge in [0.2, 0.25) is 0 Å². The van der Waals surface area contributed by atoms with Crippen LogP contribution in [0.3, 0.4) is 0 Å². The van der Waals surface area contributed by atoms with Crippen molar-refractivity contribution in [1.82, 2.24) is 10.3 Å². The highest BCUT2D eigenvalue weighted by molar-refractivity contribution is 5.96. The van der Waals surface area contributed by atoms with E-state index in [4.69, 9.17) is 5.73 Å². The molecule has 1 aromatic rings. The van der Waals surface area contributed by atoms with Gasteiger partial charge in [0.25, 0.3) is 5.91 Å². The summed E-state index contributed by atoms with van der Waals surface area (Å²) in [6.45, 7) is 6.04. The van der Waals surface area contributed by atoms with Gasteiger partial charge in [-0.3, -0.25) is 9.78 Å². The van der Waals surface area contributed by atoms with E-state index in [2.05, 4.69) is 22.1 Å². The van der Waals surface area contributed by atoms with Crippen LogP contribution < -0.4 is 11.1 Å². The predicted octanol–water partition coefficient (Wildman–Crippen LogP) is 0.920. The first-order chi connectivity index (χ1) is 7.94. The Bertz CT molecular complexity index is 464. The maximum absolute atomic E-state index is 12.0. The number of hydrogen-bond donors (Lipinski definition) is 2. The maximum atomic E-state index is 12.0. The number of amides is 1. The summed E-state index contributed by atoms with van der Waals surface area (Å²) in [7, 11) is 0. The van der Waals surface area contributed by atoms with Crippen molar-refractivity contribution in [3.05, 3.63) is 29.6 Å². The summed E-state index contributed by atoms with van der Waals surface area (Å²) < 4.78 is 0. The van der Waals surface area contributed by atoms with E-state index >= 15 is 0 Å². The zero-order valence-corrected chi connectivity index (χ0v) is 10.4. The second kappa shape index (κ2) is 5.46. The molecule has 1 rings (SSSR count). The van der Waals surface area contributed by atoms with Crippen LogP contribution in [0.15, 0.2) is 18.5 Å². The topological polar surface area (TPSA) is 68.0 Å². The van der Waals surface area contributed by atoms with Crippen LogP contribution in [0.2, 0.25) is 0 Å². The first-order valence-corrected chi connectivity index (χ1v) is 5.39. The molecule has 0 radical (unpaired) electrons. The van der Waals surface area contributed by atoms with Crippen LogP contribution >= 0.6 is 0 Å². The summed E-state index contributed by atoms with van der Waals surface area (Å²) in [4.78, 5) is 16.0. The minimum absolute atomic E-state index is 0.152. The molecule has 0 aromatic carbocycles. The van der Waals surface area contributed by atoms with Crippen LogP contribution in [-0.4, -0.2) is 23.0 Å². The third-order valence-corrected chi connectivity index (χ3v) is 1.88. The molecule has 0 fully saturated rings. The minimum atomic E-state index is -0.279. The summed E-state index contributed by atoms with van der Waals surface area (Å²) in [5.41, 5.74) is 6.15. The average Bonchev–Trinajstić information content (AvgIpc) is 2.24. The highest BCUT2D eigenvalue weighted by Crippen LogP contribution is 2.08. The molecule has 0 unspecified atom stereocenters. The standard InChI is InChI=1S/C13H17N3O/c1-13(2,3)16-12(17)11-6-8-15-9-10(11)5-4-7-14/h6,8-9H,7,14H2,1-3H3,(H,16,17). The molecule has 0 aliphatic carbocycles. The first kappa shape index (κ1) is 13.2. The fraction of sp³-hybridized carbons (Fsp3) is 0.385. The van der Waals surface area contributed by atoms with Crippen LogP contribution in [0.5, 0.6) is 0 Å². The third-order valence-electron chi connectivity index (χ3n) is 1.88. The Morgan fingerprint density at radius 1 is 1.53 bits per heavy atom. The van der Waals surface area contributed by atoms with Crippen LogP contribution in [0.25, 0.3) is 0 Å². The molecule has 0 saturated carbocycles. The van der Waals surface area contributed by atoms with Crippen LogP contribution in [0.4, 0.5) is 0 Å². The van der Waals surface area contributed by atoms with Gasteiger partial charge in [0.15, 0.2) is 0 Å². The van der Waals surface area contributed by atoms with Gasteiger partial charge >= 0.3 is 0 Å². The van der Waals surface area contributed by atoms with Gasteiger partial charge < -0.3 is 11.1 Å². The van der Waals surface area contributed by atoms with Crippen molar-refractivity contribution >= 4 is 5.91 Å². The Hall–Kier alpha value is -1.86. The Morgan fingerprint density at radius 2 is 2.24 bits per heavy atom. The number of nitrogens with two attached hydrogens (primary N) is 1. The second-order valence-corrected chi connectivity index (χ2v) is 4.63. The number of carbonyl (C=O) groups excluding carboxylic acids is 1. The fourth-order valence-corrected chi connectivity index (χ4v) is 1.25. The number of carbonyl (C=O) groups is 1. The molecule has 1 aromatic heterocycles. The van der Waals surface area contributed by atoms with E-state index in [9.17, 15) is 4.79 Å². The van der Waals surface area contributed by atoms with Crippen molar-refractivity contribution < 1.29 is 4.79 Å². The molecule has 90 valence electrons. The first-order valence-electron chi connectivity index (χ1n) is 5.39. The Kier molecular flexibility index (Phi) is 4.24. The Labute approximate surface area is 102 Å². The van der Waals surface area contributed by atoms with Gasteiger partial charge in [-0.05, 0) is 26.8 Å². The van der Waals surface area contributed by atoms with E-state index in [-0.39, 0.29) is 18.0 Å². The molecule has 1 heterocycles. The highest BCUT2D eigenvalue weighted by Gasteiger charge is 2.17. The molecule has 0 aliphatic heterocycles. The highest BCUT2D eigenvalue weighted by atomic mass is 16.1. The van der Waals surface area contributed by atoms with Crippen molar-refractivity contribution in [2.75, 3.05) is 6.54 Å². The van der Waals surface area contributed by atoms with E-state index in [0.29, 0.717) is 11.1 Å². The molecule has 4 heteroatoms. The normalized spacial score (nSPS) is 10.4. The summed E-state index contributed by atoms with van der Waals surface area (Å²) in [6.07, 6.45) is 3.14. The van der Waals surface area contributed by atoms with Crippen molar-refractivity contribution in [2.45, 2.75) is 26.3 Å². The lowest BCUT2D eigenvalue weighted by Crippen LogP contribution is -2.40. The van der Waals surface area contributed by atoms with Gasteiger partial charge in [-0.25, -0.2) is 0 Å². The van der Waals surface area contributed by atoms with Gasteiger partial charge in [-0.15, -0.1) is 0 Å². The molecule has 0 spiro atoms. The lowest BCUT2D eigenvalue weighted by molar-refractivity contribution is 0.0919. The number of nitrogens with zero attached hydrogens (tertiary/aromatic N) is 1. The number of aromatic nitrogens is 1. The molecule has 0 atom stereocenters. The molecule has 4 nitrogen and oxygen atoms in total. The molecular weight excluding hydrogens is 214 g/mol. The minimum Gasteiger partial charge on any atom is -0.347 e. The largest absolute Gasteiger partial charge is 0.347 e. The Morgan fingerprint density at radius 3 is 2.82 bits per heavy atom. The fourth-order valence-electron chi connectivity index (χ4n) is 1.25. The zero-order valence-electron chi connectivity index (χ0n) is 10.4. The molecule has 0 aliphatic rings. The average molecular weight is 231 g/mol. The number of rotatable bonds is 1. The van der Waals surface area contributed by atoms with E-state index < -0.39 is 0 Å². The SMILES string of the molecule is CC(C)(C)NC(=O)c1ccncc1C#CCN. The molecule has 0 saturated heterocycles.